The Labute approximate surface area is 126 Å². The van der Waals surface area contributed by atoms with Crippen molar-refractivity contribution < 1.29 is 12.8 Å². The molecule has 0 aromatic heterocycles. The second-order valence-corrected chi connectivity index (χ2v) is 7.50. The molecule has 1 fully saturated rings. The molecule has 0 heterocycles. The maximum absolute atomic E-state index is 12.9. The van der Waals surface area contributed by atoms with Crippen LogP contribution >= 0.6 is 0 Å². The summed E-state index contributed by atoms with van der Waals surface area (Å²) in [7, 11) is -3.41. The minimum absolute atomic E-state index is 0.00504. The average Bonchev–Trinajstić information content (AvgIpc) is 2.90. The van der Waals surface area contributed by atoms with Gasteiger partial charge in [0.1, 0.15) is 5.82 Å². The number of halogens is 1. The zero-order valence-corrected chi connectivity index (χ0v) is 13.2. The quantitative estimate of drug-likeness (QED) is 0.874. The topological polar surface area (TPSA) is 63.4 Å². The second kappa shape index (κ2) is 6.85. The lowest BCUT2D eigenvalue weighted by molar-refractivity contribution is 0.276. The average molecular weight is 314 g/mol. The molecule has 118 valence electrons. The molecule has 0 bridgehead atoms. The predicted octanol–water partition coefficient (Wildman–Crippen LogP) is 2.10. The van der Waals surface area contributed by atoms with Crippen molar-refractivity contribution in [3.05, 3.63) is 35.6 Å². The third-order valence-corrected chi connectivity index (χ3v) is 6.16. The molecule has 6 heteroatoms. The van der Waals surface area contributed by atoms with Crippen LogP contribution < -0.4 is 5.73 Å². The third-order valence-electron chi connectivity index (χ3n) is 4.22. The molecule has 2 atom stereocenters. The Hall–Kier alpha value is -0.980. The van der Waals surface area contributed by atoms with Crippen LogP contribution in [-0.4, -0.2) is 31.9 Å². The van der Waals surface area contributed by atoms with E-state index in [2.05, 4.69) is 0 Å². The Morgan fingerprint density at radius 3 is 2.52 bits per heavy atom. The van der Waals surface area contributed by atoms with Crippen LogP contribution in [0.3, 0.4) is 0 Å². The van der Waals surface area contributed by atoms with Crippen LogP contribution in [0, 0.1) is 11.7 Å². The van der Waals surface area contributed by atoms with Gasteiger partial charge in [0.05, 0.1) is 5.75 Å². The summed E-state index contributed by atoms with van der Waals surface area (Å²) in [5.74, 6) is -0.204. The molecule has 4 nitrogen and oxygen atoms in total. The van der Waals surface area contributed by atoms with Gasteiger partial charge in [0, 0.05) is 12.6 Å². The van der Waals surface area contributed by atoms with E-state index in [1.54, 1.807) is 4.31 Å². The highest BCUT2D eigenvalue weighted by atomic mass is 32.2. The number of rotatable bonds is 6. The van der Waals surface area contributed by atoms with Gasteiger partial charge in [-0.1, -0.05) is 25.5 Å². The fourth-order valence-electron chi connectivity index (χ4n) is 3.18. The molecular formula is C15H23FN2O2S. The molecule has 0 radical (unpaired) electrons. The van der Waals surface area contributed by atoms with Gasteiger partial charge in [0.2, 0.25) is 10.0 Å². The van der Waals surface area contributed by atoms with Gasteiger partial charge in [-0.15, -0.1) is 0 Å². The molecular weight excluding hydrogens is 291 g/mol. The lowest BCUT2D eigenvalue weighted by Crippen LogP contribution is -2.44. The summed E-state index contributed by atoms with van der Waals surface area (Å²) >= 11 is 0. The summed E-state index contributed by atoms with van der Waals surface area (Å²) in [5, 5.41) is 0. The van der Waals surface area contributed by atoms with Crippen molar-refractivity contribution in [1.29, 1.82) is 0 Å². The van der Waals surface area contributed by atoms with Crippen LogP contribution in [0.15, 0.2) is 24.3 Å². The second-order valence-electron chi connectivity index (χ2n) is 5.58. The molecule has 2 N–H and O–H groups in total. The van der Waals surface area contributed by atoms with Crippen LogP contribution in [0.25, 0.3) is 0 Å². The molecule has 0 amide bonds. The van der Waals surface area contributed by atoms with Crippen LogP contribution in [0.4, 0.5) is 4.39 Å². The van der Waals surface area contributed by atoms with Crippen LogP contribution in [-0.2, 0) is 15.8 Å². The number of benzene rings is 1. The number of hydrogen-bond donors (Lipinski definition) is 1. The number of nitrogens with zero attached hydrogens (tertiary/aromatic N) is 1. The first-order chi connectivity index (χ1) is 9.97. The van der Waals surface area contributed by atoms with Crippen molar-refractivity contribution in [2.45, 2.75) is 38.0 Å². The van der Waals surface area contributed by atoms with Crippen molar-refractivity contribution in [2.24, 2.45) is 11.7 Å². The molecule has 0 aliphatic heterocycles. The first-order valence-corrected chi connectivity index (χ1v) is 9.03. The van der Waals surface area contributed by atoms with Crippen molar-refractivity contribution in [3.8, 4) is 0 Å². The Morgan fingerprint density at radius 1 is 1.29 bits per heavy atom. The number of nitrogens with two attached hydrogens (primary N) is 1. The molecule has 0 saturated heterocycles. The van der Waals surface area contributed by atoms with E-state index < -0.39 is 10.0 Å². The smallest absolute Gasteiger partial charge is 0.218 e. The van der Waals surface area contributed by atoms with Crippen molar-refractivity contribution >= 4 is 10.0 Å². The zero-order chi connectivity index (χ0) is 15.5. The van der Waals surface area contributed by atoms with Crippen molar-refractivity contribution in [1.82, 2.24) is 4.31 Å². The van der Waals surface area contributed by atoms with E-state index in [1.165, 1.54) is 24.3 Å². The van der Waals surface area contributed by atoms with Gasteiger partial charge < -0.3 is 5.73 Å². The standard InChI is InChI=1S/C15H23FN2O2S/c1-2-18(15-5-3-4-13(15)10-17)21(19,20)11-12-6-8-14(16)9-7-12/h6-9,13,15H,2-5,10-11,17H2,1H3. The molecule has 21 heavy (non-hydrogen) atoms. The largest absolute Gasteiger partial charge is 0.330 e. The van der Waals surface area contributed by atoms with E-state index >= 15 is 0 Å². The molecule has 2 rings (SSSR count). The van der Waals surface area contributed by atoms with Gasteiger partial charge in [-0.3, -0.25) is 0 Å². The van der Waals surface area contributed by atoms with Gasteiger partial charge in [0.15, 0.2) is 0 Å². The summed E-state index contributed by atoms with van der Waals surface area (Å²) in [4.78, 5) is 0. The highest BCUT2D eigenvalue weighted by Gasteiger charge is 2.36. The first-order valence-electron chi connectivity index (χ1n) is 7.42. The van der Waals surface area contributed by atoms with Gasteiger partial charge in [-0.2, -0.15) is 4.31 Å². The van der Waals surface area contributed by atoms with E-state index in [4.69, 9.17) is 5.73 Å². The van der Waals surface area contributed by atoms with Gasteiger partial charge >= 0.3 is 0 Å². The Morgan fingerprint density at radius 2 is 1.95 bits per heavy atom. The lowest BCUT2D eigenvalue weighted by atomic mass is 10.0. The fourth-order valence-corrected chi connectivity index (χ4v) is 5.05. The maximum Gasteiger partial charge on any atom is 0.218 e. The lowest BCUT2D eigenvalue weighted by Gasteiger charge is -2.31. The molecule has 1 saturated carbocycles. The summed E-state index contributed by atoms with van der Waals surface area (Å²) in [5.41, 5.74) is 6.37. The predicted molar refractivity (Wildman–Crippen MR) is 81.6 cm³/mol. The SMILES string of the molecule is CCN(C1CCCC1CN)S(=O)(=O)Cc1ccc(F)cc1. The monoisotopic (exact) mass is 314 g/mol. The summed E-state index contributed by atoms with van der Waals surface area (Å²) in [6.45, 7) is 2.83. The highest BCUT2D eigenvalue weighted by Crippen LogP contribution is 2.31. The van der Waals surface area contributed by atoms with E-state index in [1.807, 2.05) is 6.92 Å². The minimum atomic E-state index is -3.41. The van der Waals surface area contributed by atoms with Crippen LogP contribution in [0.5, 0.6) is 0 Å². The summed E-state index contributed by atoms with van der Waals surface area (Å²) in [6.07, 6.45) is 2.89. The molecule has 0 spiro atoms. The Bertz CT molecular complexity index is 560. The van der Waals surface area contributed by atoms with Gasteiger partial charge in [0.25, 0.3) is 0 Å². The zero-order valence-electron chi connectivity index (χ0n) is 12.3. The van der Waals surface area contributed by atoms with Crippen molar-refractivity contribution in [2.75, 3.05) is 13.1 Å². The van der Waals surface area contributed by atoms with E-state index in [0.29, 0.717) is 18.7 Å². The summed E-state index contributed by atoms with van der Waals surface area (Å²) < 4.78 is 39.8. The number of sulfonamides is 1. The highest BCUT2D eigenvalue weighted by molar-refractivity contribution is 7.88. The normalized spacial score (nSPS) is 22.9. The van der Waals surface area contributed by atoms with Crippen LogP contribution in [0.2, 0.25) is 0 Å². The Balaban J connectivity index is 2.17. The Kier molecular flexibility index (Phi) is 5.35. The van der Waals surface area contributed by atoms with Crippen molar-refractivity contribution in [3.63, 3.8) is 0 Å². The molecule has 1 aliphatic carbocycles. The maximum atomic E-state index is 12.9. The first kappa shape index (κ1) is 16.4. The molecule has 1 aliphatic rings. The third kappa shape index (κ3) is 3.81. The van der Waals surface area contributed by atoms with Gasteiger partial charge in [-0.25, -0.2) is 12.8 Å². The number of hydrogen-bond acceptors (Lipinski definition) is 3. The molecule has 2 unspecified atom stereocenters. The fraction of sp³-hybridized carbons (Fsp3) is 0.600. The van der Waals surface area contributed by atoms with E-state index in [-0.39, 0.29) is 23.5 Å². The molecule has 1 aromatic carbocycles. The van der Waals surface area contributed by atoms with E-state index in [9.17, 15) is 12.8 Å². The van der Waals surface area contributed by atoms with Crippen LogP contribution in [0.1, 0.15) is 31.7 Å². The van der Waals surface area contributed by atoms with E-state index in [0.717, 1.165) is 19.3 Å². The minimum Gasteiger partial charge on any atom is -0.330 e. The molecule has 1 aromatic rings. The summed E-state index contributed by atoms with van der Waals surface area (Å²) in [6, 6.07) is 5.63. The van der Waals surface area contributed by atoms with Gasteiger partial charge in [-0.05, 0) is 43.0 Å².